The Morgan fingerprint density at radius 1 is 1.21 bits per heavy atom. The zero-order chi connectivity index (χ0) is 13.2. The number of nitrogens with two attached hydrogens (primary N) is 1. The Balaban J connectivity index is 1.79. The molecule has 1 aromatic heterocycles. The highest BCUT2D eigenvalue weighted by Crippen LogP contribution is 2.21. The van der Waals surface area contributed by atoms with Crippen LogP contribution in [0, 0.1) is 6.92 Å². The Kier molecular flexibility index (Phi) is 2.83. The van der Waals surface area contributed by atoms with Crippen molar-refractivity contribution in [2.45, 2.75) is 13.5 Å². The van der Waals surface area contributed by atoms with Gasteiger partial charge in [-0.15, -0.1) is 0 Å². The summed E-state index contributed by atoms with van der Waals surface area (Å²) in [5.74, 6) is 0. The fourth-order valence-corrected chi connectivity index (χ4v) is 2.03. The van der Waals surface area contributed by atoms with Crippen molar-refractivity contribution in [3.8, 4) is 0 Å². The van der Waals surface area contributed by atoms with E-state index >= 15 is 0 Å². The molecule has 0 saturated heterocycles. The number of anilines is 2. The number of nitrogens with zero attached hydrogens (tertiary/aromatic N) is 1. The van der Waals surface area contributed by atoms with Gasteiger partial charge in [-0.25, -0.2) is 4.98 Å². The summed E-state index contributed by atoms with van der Waals surface area (Å²) in [4.78, 5) is 4.10. The monoisotopic (exact) mass is 253 g/mol. The lowest BCUT2D eigenvalue weighted by Crippen LogP contribution is -2.02. The number of aromatic nitrogens is 1. The lowest BCUT2D eigenvalue weighted by molar-refractivity contribution is 0.602. The zero-order valence-electron chi connectivity index (χ0n) is 10.7. The van der Waals surface area contributed by atoms with Gasteiger partial charge in [-0.2, -0.15) is 0 Å². The van der Waals surface area contributed by atoms with E-state index in [4.69, 9.17) is 10.2 Å². The quantitative estimate of drug-likeness (QED) is 0.703. The van der Waals surface area contributed by atoms with E-state index in [1.807, 2.05) is 43.3 Å². The van der Waals surface area contributed by atoms with Crippen LogP contribution >= 0.6 is 0 Å². The van der Waals surface area contributed by atoms with Gasteiger partial charge in [-0.1, -0.05) is 12.1 Å². The van der Waals surface area contributed by atoms with Gasteiger partial charge in [-0.3, -0.25) is 0 Å². The van der Waals surface area contributed by atoms with E-state index in [-0.39, 0.29) is 0 Å². The molecule has 0 radical (unpaired) electrons. The number of hydrogen-bond acceptors (Lipinski definition) is 4. The Bertz CT molecular complexity index is 718. The minimum absolute atomic E-state index is 0.699. The predicted molar refractivity (Wildman–Crippen MR) is 76.9 cm³/mol. The smallest absolute Gasteiger partial charge is 0.181 e. The average molecular weight is 253 g/mol. The van der Waals surface area contributed by atoms with Crippen molar-refractivity contribution in [1.29, 1.82) is 0 Å². The van der Waals surface area contributed by atoms with Gasteiger partial charge in [-0.05, 0) is 42.3 Å². The van der Waals surface area contributed by atoms with Crippen molar-refractivity contribution in [3.63, 3.8) is 0 Å². The molecule has 2 aromatic carbocycles. The molecule has 0 spiro atoms. The molecule has 0 fully saturated rings. The largest absolute Gasteiger partial charge is 0.443 e. The Hall–Kier alpha value is -2.49. The second kappa shape index (κ2) is 4.65. The first kappa shape index (κ1) is 11.6. The number of aryl methyl sites for hydroxylation is 1. The SMILES string of the molecule is Cc1ccc(N)c(NCc2ccc3ncoc3c2)c1. The minimum Gasteiger partial charge on any atom is -0.443 e. The molecular formula is C15H15N3O. The van der Waals surface area contributed by atoms with Gasteiger partial charge < -0.3 is 15.5 Å². The molecule has 0 unspecified atom stereocenters. The maximum Gasteiger partial charge on any atom is 0.181 e. The molecular weight excluding hydrogens is 238 g/mol. The van der Waals surface area contributed by atoms with Crippen LogP contribution < -0.4 is 11.1 Å². The molecule has 0 aliphatic rings. The molecule has 0 aliphatic heterocycles. The summed E-state index contributed by atoms with van der Waals surface area (Å²) in [6.07, 6.45) is 1.46. The van der Waals surface area contributed by atoms with E-state index in [1.165, 1.54) is 12.0 Å². The van der Waals surface area contributed by atoms with Crippen LogP contribution in [0.4, 0.5) is 11.4 Å². The van der Waals surface area contributed by atoms with Crippen molar-refractivity contribution < 1.29 is 4.42 Å². The predicted octanol–water partition coefficient (Wildman–Crippen LogP) is 3.33. The number of benzene rings is 2. The molecule has 3 rings (SSSR count). The second-order valence-corrected chi connectivity index (χ2v) is 4.60. The fraction of sp³-hybridized carbons (Fsp3) is 0.133. The van der Waals surface area contributed by atoms with Crippen molar-refractivity contribution in [1.82, 2.24) is 4.98 Å². The topological polar surface area (TPSA) is 64.1 Å². The molecule has 3 aromatic rings. The molecule has 4 nitrogen and oxygen atoms in total. The van der Waals surface area contributed by atoms with Crippen LogP contribution in [0.1, 0.15) is 11.1 Å². The van der Waals surface area contributed by atoms with E-state index in [0.717, 1.165) is 28.0 Å². The second-order valence-electron chi connectivity index (χ2n) is 4.60. The molecule has 4 heteroatoms. The van der Waals surface area contributed by atoms with Crippen molar-refractivity contribution in [2.24, 2.45) is 0 Å². The van der Waals surface area contributed by atoms with E-state index in [1.54, 1.807) is 0 Å². The van der Waals surface area contributed by atoms with Gasteiger partial charge in [0.2, 0.25) is 0 Å². The summed E-state index contributed by atoms with van der Waals surface area (Å²) >= 11 is 0. The van der Waals surface area contributed by atoms with Crippen LogP contribution in [0.3, 0.4) is 0 Å². The standard InChI is InChI=1S/C15H15N3O/c1-10-2-4-12(16)14(6-10)17-8-11-3-5-13-15(7-11)19-9-18-13/h2-7,9,17H,8,16H2,1H3. The lowest BCUT2D eigenvalue weighted by Gasteiger charge is -2.10. The highest BCUT2D eigenvalue weighted by Gasteiger charge is 2.02. The molecule has 0 bridgehead atoms. The van der Waals surface area contributed by atoms with Crippen LogP contribution in [0.15, 0.2) is 47.2 Å². The number of oxazole rings is 1. The molecule has 1 heterocycles. The maximum atomic E-state index is 5.94. The first-order valence-corrected chi connectivity index (χ1v) is 6.14. The Morgan fingerprint density at radius 2 is 2.11 bits per heavy atom. The number of fused-ring (bicyclic) bond motifs is 1. The summed E-state index contributed by atoms with van der Waals surface area (Å²) in [6.45, 7) is 2.75. The molecule has 0 amide bonds. The van der Waals surface area contributed by atoms with Gasteiger partial charge in [0.15, 0.2) is 12.0 Å². The molecule has 3 N–H and O–H groups in total. The van der Waals surface area contributed by atoms with E-state index in [0.29, 0.717) is 6.54 Å². The molecule has 19 heavy (non-hydrogen) atoms. The van der Waals surface area contributed by atoms with Gasteiger partial charge in [0.25, 0.3) is 0 Å². The van der Waals surface area contributed by atoms with Crippen LogP contribution in [0.2, 0.25) is 0 Å². The first-order chi connectivity index (χ1) is 9.22. The highest BCUT2D eigenvalue weighted by atomic mass is 16.3. The Labute approximate surface area is 111 Å². The summed E-state index contributed by atoms with van der Waals surface area (Å²) in [5, 5.41) is 3.34. The maximum absolute atomic E-state index is 5.94. The zero-order valence-corrected chi connectivity index (χ0v) is 10.7. The van der Waals surface area contributed by atoms with Crippen LogP contribution in [-0.2, 0) is 6.54 Å². The van der Waals surface area contributed by atoms with Crippen molar-refractivity contribution >= 4 is 22.5 Å². The normalized spacial score (nSPS) is 10.8. The van der Waals surface area contributed by atoms with Gasteiger partial charge in [0, 0.05) is 6.54 Å². The third kappa shape index (κ3) is 2.38. The summed E-state index contributed by atoms with van der Waals surface area (Å²) in [6, 6.07) is 11.9. The average Bonchev–Trinajstić information content (AvgIpc) is 2.87. The van der Waals surface area contributed by atoms with Crippen LogP contribution in [-0.4, -0.2) is 4.98 Å². The number of hydrogen-bond donors (Lipinski definition) is 2. The summed E-state index contributed by atoms with van der Waals surface area (Å²) in [7, 11) is 0. The third-order valence-electron chi connectivity index (χ3n) is 3.09. The number of nitrogen functional groups attached to an aromatic ring is 1. The van der Waals surface area contributed by atoms with Crippen LogP contribution in [0.25, 0.3) is 11.1 Å². The number of nitrogens with one attached hydrogen (secondary N) is 1. The lowest BCUT2D eigenvalue weighted by atomic mass is 10.1. The van der Waals surface area contributed by atoms with Crippen molar-refractivity contribution in [2.75, 3.05) is 11.1 Å². The highest BCUT2D eigenvalue weighted by molar-refractivity contribution is 5.73. The van der Waals surface area contributed by atoms with Crippen molar-refractivity contribution in [3.05, 3.63) is 53.9 Å². The van der Waals surface area contributed by atoms with Gasteiger partial charge in [0.1, 0.15) is 5.52 Å². The first-order valence-electron chi connectivity index (χ1n) is 6.14. The molecule has 0 saturated carbocycles. The van der Waals surface area contributed by atoms with Gasteiger partial charge >= 0.3 is 0 Å². The third-order valence-corrected chi connectivity index (χ3v) is 3.09. The molecule has 0 atom stereocenters. The fourth-order valence-electron chi connectivity index (χ4n) is 2.03. The number of rotatable bonds is 3. The van der Waals surface area contributed by atoms with E-state index < -0.39 is 0 Å². The molecule has 96 valence electrons. The minimum atomic E-state index is 0.699. The summed E-state index contributed by atoms with van der Waals surface area (Å²) < 4.78 is 5.29. The van der Waals surface area contributed by atoms with E-state index in [2.05, 4.69) is 10.3 Å². The summed E-state index contributed by atoms with van der Waals surface area (Å²) in [5.41, 5.74) is 11.6. The molecule has 0 aliphatic carbocycles. The van der Waals surface area contributed by atoms with Crippen LogP contribution in [0.5, 0.6) is 0 Å². The van der Waals surface area contributed by atoms with E-state index in [9.17, 15) is 0 Å². The van der Waals surface area contributed by atoms with Gasteiger partial charge in [0.05, 0.1) is 11.4 Å². The Morgan fingerprint density at radius 3 is 3.00 bits per heavy atom.